The van der Waals surface area contributed by atoms with Crippen molar-refractivity contribution in [3.63, 3.8) is 0 Å². The highest BCUT2D eigenvalue weighted by Gasteiger charge is 2.29. The van der Waals surface area contributed by atoms with Crippen LogP contribution in [-0.2, 0) is 0 Å². The molecule has 1 saturated heterocycles. The highest BCUT2D eigenvalue weighted by Crippen LogP contribution is 2.26. The van der Waals surface area contributed by atoms with E-state index in [-0.39, 0.29) is 17.7 Å². The standard InChI is InChI=1S/C21H22N2O/c22-15-19-13-7-8-14-23(19)16-20(17-9-3-1-4-10-17)21(24)18-11-5-2-6-12-18/h1-6,9-12,19-20H,7-8,13-14,16H2/t19-,20?/m0/s1. The summed E-state index contributed by atoms with van der Waals surface area (Å²) in [6, 6.07) is 21.7. The number of benzene rings is 2. The van der Waals surface area contributed by atoms with E-state index in [1.54, 1.807) is 0 Å². The average molecular weight is 318 g/mol. The molecule has 0 bridgehead atoms. The molecule has 0 spiro atoms. The molecule has 1 heterocycles. The van der Waals surface area contributed by atoms with Gasteiger partial charge in [0.15, 0.2) is 5.78 Å². The van der Waals surface area contributed by atoms with Gasteiger partial charge in [0.2, 0.25) is 0 Å². The molecule has 24 heavy (non-hydrogen) atoms. The van der Waals surface area contributed by atoms with Crippen molar-refractivity contribution >= 4 is 5.78 Å². The summed E-state index contributed by atoms with van der Waals surface area (Å²) >= 11 is 0. The molecule has 122 valence electrons. The molecule has 2 aromatic carbocycles. The monoisotopic (exact) mass is 318 g/mol. The van der Waals surface area contributed by atoms with Crippen LogP contribution in [0.4, 0.5) is 0 Å². The van der Waals surface area contributed by atoms with Gasteiger partial charge >= 0.3 is 0 Å². The predicted molar refractivity (Wildman–Crippen MR) is 94.8 cm³/mol. The lowest BCUT2D eigenvalue weighted by atomic mass is 9.89. The number of nitriles is 1. The van der Waals surface area contributed by atoms with E-state index < -0.39 is 0 Å². The summed E-state index contributed by atoms with van der Waals surface area (Å²) in [4.78, 5) is 15.3. The van der Waals surface area contributed by atoms with E-state index in [2.05, 4.69) is 11.0 Å². The molecule has 0 amide bonds. The summed E-state index contributed by atoms with van der Waals surface area (Å²) in [5, 5.41) is 9.42. The number of rotatable bonds is 5. The van der Waals surface area contributed by atoms with E-state index in [4.69, 9.17) is 0 Å². The zero-order valence-electron chi connectivity index (χ0n) is 13.8. The van der Waals surface area contributed by atoms with Gasteiger partial charge in [0.1, 0.15) is 0 Å². The molecule has 0 N–H and O–H groups in total. The lowest BCUT2D eigenvalue weighted by Crippen LogP contribution is -2.42. The van der Waals surface area contributed by atoms with Gasteiger partial charge in [0.05, 0.1) is 18.0 Å². The van der Waals surface area contributed by atoms with Crippen molar-refractivity contribution in [3.05, 3.63) is 71.8 Å². The molecule has 3 heteroatoms. The van der Waals surface area contributed by atoms with Crippen molar-refractivity contribution in [2.75, 3.05) is 13.1 Å². The Kier molecular flexibility index (Phi) is 5.40. The second kappa shape index (κ2) is 7.90. The maximum Gasteiger partial charge on any atom is 0.171 e. The van der Waals surface area contributed by atoms with Gasteiger partial charge in [0, 0.05) is 12.1 Å². The largest absolute Gasteiger partial charge is 0.293 e. The number of carbonyl (C=O) groups excluding carboxylic acids is 1. The molecule has 2 aromatic rings. The summed E-state index contributed by atoms with van der Waals surface area (Å²) in [6.45, 7) is 1.50. The lowest BCUT2D eigenvalue weighted by Gasteiger charge is -2.34. The third-order valence-corrected chi connectivity index (χ3v) is 4.76. The second-order valence-electron chi connectivity index (χ2n) is 6.33. The fraction of sp³-hybridized carbons (Fsp3) is 0.333. The van der Waals surface area contributed by atoms with Crippen LogP contribution in [0.25, 0.3) is 0 Å². The van der Waals surface area contributed by atoms with Crippen molar-refractivity contribution in [3.8, 4) is 6.07 Å². The van der Waals surface area contributed by atoms with Crippen molar-refractivity contribution < 1.29 is 4.79 Å². The topological polar surface area (TPSA) is 44.1 Å². The molecular formula is C21H22N2O. The van der Waals surface area contributed by atoms with Crippen molar-refractivity contribution in [2.24, 2.45) is 0 Å². The Balaban J connectivity index is 1.88. The highest BCUT2D eigenvalue weighted by atomic mass is 16.1. The summed E-state index contributed by atoms with van der Waals surface area (Å²) in [7, 11) is 0. The van der Waals surface area contributed by atoms with Crippen LogP contribution in [0, 0.1) is 11.3 Å². The zero-order valence-corrected chi connectivity index (χ0v) is 13.8. The quantitative estimate of drug-likeness (QED) is 0.782. The van der Waals surface area contributed by atoms with Crippen LogP contribution in [-0.4, -0.2) is 29.8 Å². The number of ketones is 1. The zero-order chi connectivity index (χ0) is 16.8. The van der Waals surface area contributed by atoms with Crippen LogP contribution >= 0.6 is 0 Å². The molecule has 1 unspecified atom stereocenters. The van der Waals surface area contributed by atoms with Gasteiger partial charge in [-0.2, -0.15) is 5.26 Å². The number of hydrogen-bond donors (Lipinski definition) is 0. The van der Waals surface area contributed by atoms with E-state index in [9.17, 15) is 10.1 Å². The fourth-order valence-electron chi connectivity index (χ4n) is 3.42. The minimum atomic E-state index is -0.234. The Bertz CT molecular complexity index is 706. The SMILES string of the molecule is N#C[C@@H]1CCCCN1CC(C(=O)c1ccccc1)c1ccccc1. The molecule has 1 fully saturated rings. The Hall–Kier alpha value is -2.44. The number of likely N-dealkylation sites (tertiary alicyclic amines) is 1. The number of hydrogen-bond acceptors (Lipinski definition) is 3. The fourth-order valence-corrected chi connectivity index (χ4v) is 3.42. The Morgan fingerprint density at radius 1 is 1.08 bits per heavy atom. The first-order valence-electron chi connectivity index (χ1n) is 8.57. The number of Topliss-reactive ketones (excluding diaryl/α,β-unsaturated/α-hetero) is 1. The molecule has 2 atom stereocenters. The van der Waals surface area contributed by atoms with Gasteiger partial charge in [-0.15, -0.1) is 0 Å². The minimum absolute atomic E-state index is 0.0754. The number of nitrogens with zero attached hydrogens (tertiary/aromatic N) is 2. The van der Waals surface area contributed by atoms with E-state index in [0.717, 1.165) is 36.9 Å². The molecule has 0 aromatic heterocycles. The first kappa shape index (κ1) is 16.4. The van der Waals surface area contributed by atoms with Gasteiger partial charge in [-0.25, -0.2) is 0 Å². The Morgan fingerprint density at radius 3 is 2.42 bits per heavy atom. The lowest BCUT2D eigenvalue weighted by molar-refractivity contribution is 0.0909. The summed E-state index contributed by atoms with van der Waals surface area (Å²) in [6.07, 6.45) is 3.09. The summed E-state index contributed by atoms with van der Waals surface area (Å²) in [5.41, 5.74) is 1.76. The van der Waals surface area contributed by atoms with E-state index in [0.29, 0.717) is 6.54 Å². The molecule has 3 nitrogen and oxygen atoms in total. The number of carbonyl (C=O) groups is 1. The third kappa shape index (κ3) is 3.72. The van der Waals surface area contributed by atoms with Crippen molar-refractivity contribution in [1.29, 1.82) is 5.26 Å². The van der Waals surface area contributed by atoms with Crippen LogP contribution in [0.5, 0.6) is 0 Å². The molecule has 0 radical (unpaired) electrons. The van der Waals surface area contributed by atoms with Crippen LogP contribution in [0.15, 0.2) is 60.7 Å². The van der Waals surface area contributed by atoms with Crippen LogP contribution < -0.4 is 0 Å². The van der Waals surface area contributed by atoms with Crippen molar-refractivity contribution in [2.45, 2.75) is 31.2 Å². The van der Waals surface area contributed by atoms with E-state index in [1.165, 1.54) is 0 Å². The first-order valence-corrected chi connectivity index (χ1v) is 8.57. The summed E-state index contributed by atoms with van der Waals surface area (Å²) < 4.78 is 0. The van der Waals surface area contributed by atoms with E-state index >= 15 is 0 Å². The van der Waals surface area contributed by atoms with Crippen LogP contribution in [0.3, 0.4) is 0 Å². The van der Waals surface area contributed by atoms with Gasteiger partial charge in [-0.05, 0) is 31.4 Å². The minimum Gasteiger partial charge on any atom is -0.293 e. The summed E-state index contributed by atoms with van der Waals surface area (Å²) in [5.74, 6) is -0.105. The molecule has 3 rings (SSSR count). The number of piperidine rings is 1. The molecule has 1 aliphatic rings. The molecule has 1 aliphatic heterocycles. The van der Waals surface area contributed by atoms with Gasteiger partial charge in [0.25, 0.3) is 0 Å². The van der Waals surface area contributed by atoms with Crippen molar-refractivity contribution in [1.82, 2.24) is 4.90 Å². The second-order valence-corrected chi connectivity index (χ2v) is 6.33. The maximum absolute atomic E-state index is 13.1. The molecule has 0 aliphatic carbocycles. The molecule has 0 saturated carbocycles. The van der Waals surface area contributed by atoms with Gasteiger partial charge in [-0.3, -0.25) is 9.69 Å². The smallest absolute Gasteiger partial charge is 0.171 e. The van der Waals surface area contributed by atoms with Gasteiger partial charge < -0.3 is 0 Å². The normalized spacial score (nSPS) is 19.4. The van der Waals surface area contributed by atoms with Crippen LogP contribution in [0.1, 0.15) is 41.1 Å². The van der Waals surface area contributed by atoms with E-state index in [1.807, 2.05) is 60.7 Å². The average Bonchev–Trinajstić information content (AvgIpc) is 2.67. The van der Waals surface area contributed by atoms with Crippen LogP contribution in [0.2, 0.25) is 0 Å². The van der Waals surface area contributed by atoms with Gasteiger partial charge in [-0.1, -0.05) is 60.7 Å². The Labute approximate surface area is 143 Å². The third-order valence-electron chi connectivity index (χ3n) is 4.76. The predicted octanol–water partition coefficient (Wildman–Crippen LogP) is 4.03. The molecular weight excluding hydrogens is 296 g/mol. The first-order chi connectivity index (χ1) is 11.8. The Morgan fingerprint density at radius 2 is 1.75 bits per heavy atom. The maximum atomic E-state index is 13.1. The highest BCUT2D eigenvalue weighted by molar-refractivity contribution is 6.01.